The van der Waals surface area contributed by atoms with Gasteiger partial charge < -0.3 is 4.90 Å². The Morgan fingerprint density at radius 2 is 2.06 bits per heavy atom. The first kappa shape index (κ1) is 14.4. The minimum absolute atomic E-state index is 0. The van der Waals surface area contributed by atoms with Gasteiger partial charge in [-0.05, 0) is 61.4 Å². The summed E-state index contributed by atoms with van der Waals surface area (Å²) in [7, 11) is 2.25. The Bertz CT molecular complexity index is 433. The van der Waals surface area contributed by atoms with E-state index in [1.165, 1.54) is 50.8 Å². The Morgan fingerprint density at radius 1 is 1.22 bits per heavy atom. The molecule has 0 saturated heterocycles. The first-order chi connectivity index (χ1) is 8.25. The van der Waals surface area contributed by atoms with Gasteiger partial charge in [-0.15, -0.1) is 17.0 Å². The van der Waals surface area contributed by atoms with Crippen molar-refractivity contribution in [3.63, 3.8) is 0 Å². The van der Waals surface area contributed by atoms with Crippen LogP contribution in [0, 0.1) is 0 Å². The van der Waals surface area contributed by atoms with Gasteiger partial charge in [0.05, 0.1) is 0 Å². The molecule has 1 aliphatic carbocycles. The van der Waals surface area contributed by atoms with Gasteiger partial charge in [0.2, 0.25) is 0 Å². The largest absolute Gasteiger partial charge is 0.305 e. The normalized spacial score (nSPS) is 23.6. The summed E-state index contributed by atoms with van der Waals surface area (Å²) in [6.45, 7) is 2.39. The summed E-state index contributed by atoms with van der Waals surface area (Å²) in [6, 6.07) is 4.38. The van der Waals surface area contributed by atoms with Crippen LogP contribution in [0.4, 0.5) is 0 Å². The molecule has 0 amide bonds. The van der Waals surface area contributed by atoms with E-state index in [9.17, 15) is 0 Å². The lowest BCUT2D eigenvalue weighted by Crippen LogP contribution is -2.23. The molecule has 0 N–H and O–H groups in total. The van der Waals surface area contributed by atoms with E-state index in [4.69, 9.17) is 11.6 Å². The summed E-state index contributed by atoms with van der Waals surface area (Å²) in [5.74, 6) is 0.716. The van der Waals surface area contributed by atoms with E-state index in [1.807, 2.05) is 0 Å². The molecule has 0 bridgehead atoms. The maximum absolute atomic E-state index is 6.41. The van der Waals surface area contributed by atoms with Crippen molar-refractivity contribution >= 4 is 28.6 Å². The molecule has 0 fully saturated rings. The van der Waals surface area contributed by atoms with Gasteiger partial charge in [0, 0.05) is 18.1 Å². The van der Waals surface area contributed by atoms with Crippen LogP contribution in [0.5, 0.6) is 0 Å². The fraction of sp³-hybridized carbons (Fsp3) is 0.600. The van der Waals surface area contributed by atoms with Gasteiger partial charge in [-0.1, -0.05) is 24.1 Å². The van der Waals surface area contributed by atoms with Crippen LogP contribution in [0.25, 0.3) is 0 Å². The van der Waals surface area contributed by atoms with Crippen molar-refractivity contribution in [3.05, 3.63) is 33.8 Å². The van der Waals surface area contributed by atoms with Crippen LogP contribution in [0.1, 0.15) is 41.9 Å². The first-order valence-electron chi connectivity index (χ1n) is 6.74. The Hall–Kier alpha value is -0.0500. The van der Waals surface area contributed by atoms with Gasteiger partial charge in [0.15, 0.2) is 0 Å². The molecular weight excluding hydrogens is 310 g/mol. The summed E-state index contributed by atoms with van der Waals surface area (Å²) < 4.78 is 0. The van der Waals surface area contributed by atoms with E-state index >= 15 is 0 Å². The zero-order valence-corrected chi connectivity index (χ0v) is 13.4. The predicted octanol–water partition coefficient (Wildman–Crippen LogP) is 4.22. The average molecular weight is 331 g/mol. The van der Waals surface area contributed by atoms with E-state index in [-0.39, 0.29) is 17.0 Å². The summed E-state index contributed by atoms with van der Waals surface area (Å²) in [4.78, 5) is 2.48. The molecule has 1 aromatic carbocycles. The Kier molecular flexibility index (Phi) is 4.74. The fourth-order valence-electron chi connectivity index (χ4n) is 3.47. The van der Waals surface area contributed by atoms with Crippen LogP contribution in [0.2, 0.25) is 5.02 Å². The Balaban J connectivity index is 0.00000120. The standard InChI is InChI=1S/C15H20ClN.BrH/c1-17-9-8-11-6-7-14(16)13-5-3-2-4-12(10-17)15(11)13;/h6-7,12H,2-5,8-10H2,1H3;1H. The zero-order chi connectivity index (χ0) is 11.8. The monoisotopic (exact) mass is 329 g/mol. The van der Waals surface area contributed by atoms with Crippen molar-refractivity contribution in [2.45, 2.75) is 38.0 Å². The molecule has 1 heterocycles. The summed E-state index contributed by atoms with van der Waals surface area (Å²) in [5.41, 5.74) is 4.63. The molecule has 1 unspecified atom stereocenters. The molecule has 0 aromatic heterocycles. The van der Waals surface area contributed by atoms with Gasteiger partial charge in [0.1, 0.15) is 0 Å². The van der Waals surface area contributed by atoms with E-state index in [0.29, 0.717) is 5.92 Å². The smallest absolute Gasteiger partial charge is 0.0441 e. The third-order valence-corrected chi connectivity index (χ3v) is 4.68. The van der Waals surface area contributed by atoms with Crippen LogP contribution < -0.4 is 0 Å². The second-order valence-corrected chi connectivity index (χ2v) is 5.96. The van der Waals surface area contributed by atoms with E-state index in [2.05, 4.69) is 24.1 Å². The van der Waals surface area contributed by atoms with Crippen LogP contribution >= 0.6 is 28.6 Å². The quantitative estimate of drug-likeness (QED) is 0.688. The van der Waals surface area contributed by atoms with Crippen molar-refractivity contribution in [3.8, 4) is 0 Å². The van der Waals surface area contributed by atoms with Gasteiger partial charge in [-0.3, -0.25) is 0 Å². The molecule has 0 saturated carbocycles. The molecule has 0 radical (unpaired) electrons. The summed E-state index contributed by atoms with van der Waals surface area (Å²) >= 11 is 6.41. The lowest BCUT2D eigenvalue weighted by atomic mass is 9.88. The maximum Gasteiger partial charge on any atom is 0.0441 e. The molecule has 0 spiro atoms. The van der Waals surface area contributed by atoms with Crippen LogP contribution in [0.3, 0.4) is 0 Å². The van der Waals surface area contributed by atoms with Crippen LogP contribution in [0.15, 0.2) is 12.1 Å². The Morgan fingerprint density at radius 3 is 2.89 bits per heavy atom. The molecule has 2 aliphatic rings. The molecule has 3 heteroatoms. The molecule has 1 atom stereocenters. The topological polar surface area (TPSA) is 3.24 Å². The summed E-state index contributed by atoms with van der Waals surface area (Å²) in [6.07, 6.45) is 6.36. The third kappa shape index (κ3) is 2.61. The van der Waals surface area contributed by atoms with E-state index in [0.717, 1.165) is 5.02 Å². The molecule has 18 heavy (non-hydrogen) atoms. The van der Waals surface area contributed by atoms with Gasteiger partial charge in [-0.2, -0.15) is 0 Å². The van der Waals surface area contributed by atoms with Crippen LogP contribution in [-0.2, 0) is 12.8 Å². The zero-order valence-electron chi connectivity index (χ0n) is 10.9. The first-order valence-corrected chi connectivity index (χ1v) is 7.12. The summed E-state index contributed by atoms with van der Waals surface area (Å²) in [5, 5.41) is 1.00. The fourth-order valence-corrected chi connectivity index (χ4v) is 3.72. The number of halogens is 2. The SMILES string of the molecule is Br.CN1CCc2ccc(Cl)c3c2C(CCCC3)C1. The van der Waals surface area contributed by atoms with Crippen LogP contribution in [-0.4, -0.2) is 25.0 Å². The van der Waals surface area contributed by atoms with Gasteiger partial charge in [0.25, 0.3) is 0 Å². The van der Waals surface area contributed by atoms with E-state index in [1.54, 1.807) is 11.1 Å². The molecule has 1 aromatic rings. The average Bonchev–Trinajstić information content (AvgIpc) is 2.60. The second-order valence-electron chi connectivity index (χ2n) is 5.55. The highest BCUT2D eigenvalue weighted by Crippen LogP contribution is 2.38. The Labute approximate surface area is 125 Å². The lowest BCUT2D eigenvalue weighted by molar-refractivity contribution is 0.318. The number of hydrogen-bond donors (Lipinski definition) is 0. The number of rotatable bonds is 0. The van der Waals surface area contributed by atoms with Crippen molar-refractivity contribution in [1.29, 1.82) is 0 Å². The predicted molar refractivity (Wildman–Crippen MR) is 83.3 cm³/mol. The van der Waals surface area contributed by atoms with E-state index < -0.39 is 0 Å². The molecular formula is C15H21BrClN. The number of nitrogens with zero attached hydrogens (tertiary/aromatic N) is 1. The highest BCUT2D eigenvalue weighted by atomic mass is 79.9. The molecule has 1 aliphatic heterocycles. The number of likely N-dealkylation sites (N-methyl/N-ethyl adjacent to an activating group) is 1. The maximum atomic E-state index is 6.41. The second kappa shape index (κ2) is 5.94. The molecule has 3 rings (SSSR count). The minimum atomic E-state index is 0. The third-order valence-electron chi connectivity index (χ3n) is 4.32. The highest BCUT2D eigenvalue weighted by molar-refractivity contribution is 8.93. The van der Waals surface area contributed by atoms with Crippen molar-refractivity contribution < 1.29 is 0 Å². The van der Waals surface area contributed by atoms with Crippen molar-refractivity contribution in [1.82, 2.24) is 4.90 Å². The molecule has 100 valence electrons. The van der Waals surface area contributed by atoms with Gasteiger partial charge >= 0.3 is 0 Å². The lowest BCUT2D eigenvalue weighted by Gasteiger charge is -2.21. The minimum Gasteiger partial charge on any atom is -0.305 e. The highest BCUT2D eigenvalue weighted by Gasteiger charge is 2.26. The van der Waals surface area contributed by atoms with Crippen molar-refractivity contribution in [2.24, 2.45) is 0 Å². The van der Waals surface area contributed by atoms with Gasteiger partial charge in [-0.25, -0.2) is 0 Å². The number of hydrogen-bond acceptors (Lipinski definition) is 1. The van der Waals surface area contributed by atoms with Crippen molar-refractivity contribution in [2.75, 3.05) is 20.1 Å². The molecule has 1 nitrogen and oxygen atoms in total. The number of benzene rings is 1.